The quantitative estimate of drug-likeness (QED) is 0.142. The van der Waals surface area contributed by atoms with Crippen LogP contribution in [-0.2, 0) is 6.54 Å². The average Bonchev–Trinajstić information content (AvgIpc) is 3.52. The van der Waals surface area contributed by atoms with Crippen LogP contribution >= 0.6 is 0 Å². The molecule has 0 saturated carbocycles. The van der Waals surface area contributed by atoms with E-state index in [2.05, 4.69) is 151 Å². The molecular formula is C44H33N2O+. The van der Waals surface area contributed by atoms with E-state index in [1.807, 2.05) is 12.1 Å². The zero-order chi connectivity index (χ0) is 31.3. The molecule has 1 unspecified atom stereocenters. The number of nitrogens with zero attached hydrogens (tertiary/aromatic N) is 2. The van der Waals surface area contributed by atoms with Crippen molar-refractivity contribution in [1.82, 2.24) is 0 Å². The van der Waals surface area contributed by atoms with Crippen LogP contribution in [-0.4, -0.2) is 16.0 Å². The Balaban J connectivity index is 1.14. The minimum atomic E-state index is -0.130. The first-order chi connectivity index (χ1) is 23.2. The molecule has 0 N–H and O–H groups in total. The zero-order valence-electron chi connectivity index (χ0n) is 26.2. The summed E-state index contributed by atoms with van der Waals surface area (Å²) in [6.45, 7) is 3.03. The molecule has 9 rings (SSSR count). The molecule has 3 heteroatoms. The molecule has 7 aromatic carbocycles. The lowest BCUT2D eigenvalue weighted by Crippen LogP contribution is -2.30. The van der Waals surface area contributed by atoms with Gasteiger partial charge in [-0.25, -0.2) is 9.57 Å². The Morgan fingerprint density at radius 2 is 1.32 bits per heavy atom. The van der Waals surface area contributed by atoms with E-state index in [1.165, 1.54) is 60.5 Å². The highest BCUT2D eigenvalue weighted by molar-refractivity contribution is 6.22. The second kappa shape index (κ2) is 11.2. The first-order valence-corrected chi connectivity index (χ1v) is 16.3. The van der Waals surface area contributed by atoms with Gasteiger partial charge in [0, 0.05) is 34.4 Å². The van der Waals surface area contributed by atoms with Gasteiger partial charge in [0.15, 0.2) is 12.3 Å². The van der Waals surface area contributed by atoms with Crippen LogP contribution < -0.4 is 0 Å². The predicted octanol–water partition coefficient (Wildman–Crippen LogP) is 11.1. The van der Waals surface area contributed by atoms with Crippen LogP contribution in [0, 0.1) is 0 Å². The molecule has 0 bridgehead atoms. The summed E-state index contributed by atoms with van der Waals surface area (Å²) in [5.74, 6) is 0. The van der Waals surface area contributed by atoms with E-state index in [4.69, 9.17) is 9.41 Å². The monoisotopic (exact) mass is 605 g/mol. The lowest BCUT2D eigenvalue weighted by molar-refractivity contribution is -0.588. The van der Waals surface area contributed by atoms with Gasteiger partial charge in [-0.2, -0.15) is 0 Å². The van der Waals surface area contributed by atoms with Crippen LogP contribution in [0.5, 0.6) is 0 Å². The summed E-state index contributed by atoms with van der Waals surface area (Å²) < 4.78 is 8.70. The summed E-state index contributed by atoms with van der Waals surface area (Å²) in [4.78, 5) is 5.57. The normalized spacial score (nSPS) is 15.2. The number of hydrogen-bond donors (Lipinski definition) is 0. The van der Waals surface area contributed by atoms with Crippen molar-refractivity contribution < 1.29 is 8.99 Å². The molecule has 0 saturated heterocycles. The van der Waals surface area contributed by atoms with E-state index >= 15 is 0 Å². The number of para-hydroxylation sites is 1. The summed E-state index contributed by atoms with van der Waals surface area (Å²) in [5, 5.41) is 7.38. The standard InChI is InChI=1S/C44H33N2O/c1-29-25-40(39-27-33-16-5-6-18-34(33)36-19-7-8-20-37(36)39)45-44(31-14-3-2-4-15-31)46(29)28-30-13-11-17-32(26-30)35-22-12-24-42-43(35)38-21-9-10-23-41(38)47-42/h2-24,26-27,44H,25,28H2,1H3/q+1. The van der Waals surface area contributed by atoms with Gasteiger partial charge >= 0.3 is 0 Å². The number of aliphatic imine (C=N–C) groups is 1. The van der Waals surface area contributed by atoms with Crippen molar-refractivity contribution in [3.63, 3.8) is 0 Å². The molecular weight excluding hydrogens is 572 g/mol. The van der Waals surface area contributed by atoms with Gasteiger partial charge in [0.1, 0.15) is 11.2 Å². The highest BCUT2D eigenvalue weighted by Gasteiger charge is 2.32. The third-order valence-electron chi connectivity index (χ3n) is 9.66. The number of hydrogen-bond acceptors (Lipinski definition) is 2. The van der Waals surface area contributed by atoms with Gasteiger partial charge < -0.3 is 4.42 Å². The van der Waals surface area contributed by atoms with Crippen molar-refractivity contribution in [1.29, 1.82) is 0 Å². The van der Waals surface area contributed by atoms with Gasteiger partial charge in [-0.05, 0) is 56.9 Å². The van der Waals surface area contributed by atoms with Crippen LogP contribution in [0.3, 0.4) is 0 Å². The van der Waals surface area contributed by atoms with Gasteiger partial charge in [-0.15, -0.1) is 0 Å². The Labute approximate surface area is 273 Å². The van der Waals surface area contributed by atoms with Crippen molar-refractivity contribution in [2.24, 2.45) is 4.99 Å². The highest BCUT2D eigenvalue weighted by Crippen LogP contribution is 2.37. The summed E-state index contributed by atoms with van der Waals surface area (Å²) >= 11 is 0. The lowest BCUT2D eigenvalue weighted by atomic mass is 9.92. The number of fused-ring (bicyclic) bond motifs is 6. The zero-order valence-corrected chi connectivity index (χ0v) is 26.2. The smallest absolute Gasteiger partial charge is 0.272 e. The molecule has 1 aromatic heterocycles. The number of furan rings is 1. The van der Waals surface area contributed by atoms with Crippen molar-refractivity contribution in [3.05, 3.63) is 168 Å². The summed E-state index contributed by atoms with van der Waals surface area (Å²) in [7, 11) is 0. The van der Waals surface area contributed by atoms with Crippen molar-refractivity contribution in [3.8, 4) is 11.1 Å². The fourth-order valence-corrected chi connectivity index (χ4v) is 7.42. The minimum absolute atomic E-state index is 0.130. The Kier molecular flexibility index (Phi) is 6.57. The average molecular weight is 606 g/mol. The van der Waals surface area contributed by atoms with Crippen molar-refractivity contribution in [2.75, 3.05) is 0 Å². The van der Waals surface area contributed by atoms with E-state index < -0.39 is 0 Å². The fraction of sp³-hybridized carbons (Fsp3) is 0.0909. The Morgan fingerprint density at radius 3 is 2.19 bits per heavy atom. The van der Waals surface area contributed by atoms with Crippen LogP contribution in [0.25, 0.3) is 54.6 Å². The minimum Gasteiger partial charge on any atom is -0.456 e. The summed E-state index contributed by atoms with van der Waals surface area (Å²) in [5.41, 5.74) is 10.3. The maximum Gasteiger partial charge on any atom is 0.272 e. The molecule has 1 aliphatic rings. The van der Waals surface area contributed by atoms with Crippen LogP contribution in [0.1, 0.15) is 36.2 Å². The van der Waals surface area contributed by atoms with E-state index in [1.54, 1.807) is 0 Å². The Hall–Kier alpha value is -5.80. The third-order valence-corrected chi connectivity index (χ3v) is 9.66. The third kappa shape index (κ3) is 4.74. The lowest BCUT2D eigenvalue weighted by Gasteiger charge is -2.23. The molecule has 1 aliphatic heterocycles. The molecule has 47 heavy (non-hydrogen) atoms. The SMILES string of the molecule is CC1=[N+](Cc2cccc(-c3cccc4oc5ccccc5c34)c2)C(c2ccccc2)N=C(c2cc3ccccc3c3ccccc23)C1. The Morgan fingerprint density at radius 1 is 0.617 bits per heavy atom. The predicted molar refractivity (Wildman–Crippen MR) is 196 cm³/mol. The van der Waals surface area contributed by atoms with Gasteiger partial charge in [0.05, 0.1) is 12.1 Å². The molecule has 3 nitrogen and oxygen atoms in total. The van der Waals surface area contributed by atoms with E-state index in [0.29, 0.717) is 0 Å². The maximum atomic E-state index is 6.21. The number of benzene rings is 7. The van der Waals surface area contributed by atoms with E-state index in [0.717, 1.165) is 35.2 Å². The number of rotatable bonds is 5. The second-order valence-corrected chi connectivity index (χ2v) is 12.6. The van der Waals surface area contributed by atoms with Crippen molar-refractivity contribution >= 4 is 54.9 Å². The molecule has 1 atom stereocenters. The first-order valence-electron chi connectivity index (χ1n) is 16.3. The first kappa shape index (κ1) is 27.5. The Bertz CT molecular complexity index is 2540. The molecule has 0 radical (unpaired) electrons. The fourth-order valence-electron chi connectivity index (χ4n) is 7.42. The van der Waals surface area contributed by atoms with Crippen molar-refractivity contribution in [2.45, 2.75) is 26.1 Å². The second-order valence-electron chi connectivity index (χ2n) is 12.6. The van der Waals surface area contributed by atoms with Gasteiger partial charge in [0.25, 0.3) is 6.17 Å². The highest BCUT2D eigenvalue weighted by atomic mass is 16.3. The summed E-state index contributed by atoms with van der Waals surface area (Å²) in [6, 6.07) is 54.1. The largest absolute Gasteiger partial charge is 0.456 e. The van der Waals surface area contributed by atoms with Crippen LogP contribution in [0.15, 0.2) is 161 Å². The molecule has 0 fully saturated rings. The van der Waals surface area contributed by atoms with Gasteiger partial charge in [-0.1, -0.05) is 127 Å². The van der Waals surface area contributed by atoms with E-state index in [9.17, 15) is 0 Å². The maximum absolute atomic E-state index is 6.21. The van der Waals surface area contributed by atoms with E-state index in [-0.39, 0.29) is 6.17 Å². The topological polar surface area (TPSA) is 28.5 Å². The van der Waals surface area contributed by atoms with Crippen LogP contribution in [0.4, 0.5) is 0 Å². The molecule has 224 valence electrons. The van der Waals surface area contributed by atoms with Gasteiger partial charge in [0.2, 0.25) is 0 Å². The molecule has 0 aliphatic carbocycles. The van der Waals surface area contributed by atoms with Gasteiger partial charge in [-0.3, -0.25) is 0 Å². The molecule has 8 aromatic rings. The van der Waals surface area contributed by atoms with Crippen LogP contribution in [0.2, 0.25) is 0 Å². The summed E-state index contributed by atoms with van der Waals surface area (Å²) in [6.07, 6.45) is 0.668. The molecule has 0 spiro atoms. The molecule has 0 amide bonds. The molecule has 2 heterocycles.